The number of aliphatic hydroxyl groups is 1. The average molecular weight is 550 g/mol. The molecule has 10 nitrogen and oxygen atoms in total. The molecule has 2 rings (SSSR count). The molecule has 2 aromatic carbocycles. The van der Waals surface area contributed by atoms with Gasteiger partial charge in [0.05, 0.1) is 13.7 Å². The maximum Gasteiger partial charge on any atom is 0.459 e. The van der Waals surface area contributed by atoms with Gasteiger partial charge in [0.25, 0.3) is 0 Å². The molecule has 0 radical (unpaired) electrons. The minimum Gasteiger partial charge on any atom is -0.468 e. The zero-order chi connectivity index (χ0) is 28.2. The van der Waals surface area contributed by atoms with Gasteiger partial charge in [0.2, 0.25) is 0 Å². The molecule has 208 valence electrons. The zero-order valence-corrected chi connectivity index (χ0v) is 23.0. The van der Waals surface area contributed by atoms with E-state index in [1.807, 2.05) is 30.3 Å². The number of para-hydroxylation sites is 1. The summed E-state index contributed by atoms with van der Waals surface area (Å²) in [4.78, 5) is 36.5. The number of methoxy groups -OCH3 is 1. The number of rotatable bonds is 16. The van der Waals surface area contributed by atoms with Crippen LogP contribution in [0.5, 0.6) is 5.75 Å². The van der Waals surface area contributed by atoms with Gasteiger partial charge < -0.3 is 19.1 Å². The molecule has 0 bridgehead atoms. The normalized spacial score (nSPS) is 14.6. The summed E-state index contributed by atoms with van der Waals surface area (Å²) in [5.41, 5.74) is -0.310. The van der Waals surface area contributed by atoms with Crippen LogP contribution in [0.1, 0.15) is 45.6 Å². The van der Waals surface area contributed by atoms with Gasteiger partial charge in [-0.1, -0.05) is 62.4 Å². The van der Waals surface area contributed by atoms with Crippen LogP contribution in [0.25, 0.3) is 0 Å². The van der Waals surface area contributed by atoms with Gasteiger partial charge in [0.1, 0.15) is 24.5 Å². The predicted molar refractivity (Wildman–Crippen MR) is 140 cm³/mol. The van der Waals surface area contributed by atoms with E-state index in [0.717, 1.165) is 5.56 Å². The monoisotopic (exact) mass is 549 g/mol. The summed E-state index contributed by atoms with van der Waals surface area (Å²) in [7, 11) is -2.94. The Morgan fingerprint density at radius 3 is 2.21 bits per heavy atom. The van der Waals surface area contributed by atoms with Crippen LogP contribution in [0.2, 0.25) is 0 Å². The molecular weight excluding hydrogens is 513 g/mol. The largest absolute Gasteiger partial charge is 0.468 e. The van der Waals surface area contributed by atoms with Crippen molar-refractivity contribution in [3.05, 3.63) is 66.2 Å². The second kappa shape index (κ2) is 14.8. The van der Waals surface area contributed by atoms with Crippen molar-refractivity contribution in [3.8, 4) is 5.75 Å². The fraction of sp³-hybridized carbons (Fsp3) is 0.444. The second-order valence-electron chi connectivity index (χ2n) is 9.41. The van der Waals surface area contributed by atoms with E-state index < -0.39 is 43.0 Å². The molecule has 38 heavy (non-hydrogen) atoms. The Kier molecular flexibility index (Phi) is 12.1. The lowest BCUT2D eigenvalue weighted by Crippen LogP contribution is -2.41. The third-order valence-electron chi connectivity index (χ3n) is 5.57. The van der Waals surface area contributed by atoms with Gasteiger partial charge in [0.15, 0.2) is 5.78 Å². The SMILES string of the molecule is COC(=O)[C@H](C)NP(=O)(OCC(C)(C)[C@@H](O)C(=O)CCCC(=O)OCc1ccccc1)Oc1ccccc1. The van der Waals surface area contributed by atoms with Crippen molar-refractivity contribution in [2.24, 2.45) is 5.41 Å². The highest BCUT2D eigenvalue weighted by molar-refractivity contribution is 7.52. The fourth-order valence-corrected chi connectivity index (χ4v) is 4.96. The summed E-state index contributed by atoms with van der Waals surface area (Å²) >= 11 is 0. The Labute approximate surface area is 223 Å². The van der Waals surface area contributed by atoms with E-state index in [-0.39, 0.29) is 38.2 Å². The number of carbonyl (C=O) groups excluding carboxylic acids is 3. The number of esters is 2. The third-order valence-corrected chi connectivity index (χ3v) is 7.20. The summed E-state index contributed by atoms with van der Waals surface area (Å²) in [5, 5.41) is 13.2. The zero-order valence-electron chi connectivity index (χ0n) is 22.1. The van der Waals surface area contributed by atoms with Gasteiger partial charge in [-0.3, -0.25) is 18.9 Å². The van der Waals surface area contributed by atoms with E-state index in [1.54, 1.807) is 44.2 Å². The van der Waals surface area contributed by atoms with E-state index in [2.05, 4.69) is 9.82 Å². The number of aliphatic hydroxyl groups excluding tert-OH is 1. The standard InChI is InChI=1S/C27H36NO9P/c1-20(26(32)34-4)28-38(33,37-22-14-9-6-10-15-22)36-19-27(2,3)25(31)23(29)16-11-17-24(30)35-18-21-12-7-5-8-13-21/h5-10,12-15,20,25,31H,11,16-19H2,1-4H3,(H,28,33)/t20-,25-,38?/m0/s1. The first-order chi connectivity index (χ1) is 18.0. The van der Waals surface area contributed by atoms with Gasteiger partial charge in [-0.25, -0.2) is 4.57 Å². The van der Waals surface area contributed by atoms with Crippen LogP contribution in [-0.2, 0) is 39.6 Å². The van der Waals surface area contributed by atoms with E-state index in [1.165, 1.54) is 14.0 Å². The molecule has 0 aliphatic rings. The summed E-state index contributed by atoms with van der Waals surface area (Å²) in [6.07, 6.45) is -1.29. The van der Waals surface area contributed by atoms with Gasteiger partial charge in [-0.05, 0) is 31.0 Å². The average Bonchev–Trinajstić information content (AvgIpc) is 2.91. The van der Waals surface area contributed by atoms with Crippen molar-refractivity contribution < 1.29 is 42.6 Å². The number of ketones is 1. The first kappa shape index (κ1) is 31.2. The van der Waals surface area contributed by atoms with Crippen LogP contribution >= 0.6 is 7.75 Å². The molecular formula is C27H36NO9P. The van der Waals surface area contributed by atoms with Crippen LogP contribution in [0.3, 0.4) is 0 Å². The Morgan fingerprint density at radius 2 is 1.61 bits per heavy atom. The number of ether oxygens (including phenoxy) is 2. The molecule has 0 spiro atoms. The molecule has 0 fully saturated rings. The Morgan fingerprint density at radius 1 is 1.00 bits per heavy atom. The first-order valence-electron chi connectivity index (χ1n) is 12.2. The second-order valence-corrected chi connectivity index (χ2v) is 11.1. The van der Waals surface area contributed by atoms with Crippen molar-refractivity contribution in [3.63, 3.8) is 0 Å². The van der Waals surface area contributed by atoms with Crippen molar-refractivity contribution >= 4 is 25.5 Å². The minimum atomic E-state index is -4.13. The van der Waals surface area contributed by atoms with Crippen molar-refractivity contribution in [2.75, 3.05) is 13.7 Å². The predicted octanol–water partition coefficient (Wildman–Crippen LogP) is 4.21. The smallest absolute Gasteiger partial charge is 0.459 e. The van der Waals surface area contributed by atoms with Gasteiger partial charge in [0, 0.05) is 18.3 Å². The Bertz CT molecular complexity index is 1090. The van der Waals surface area contributed by atoms with E-state index in [0.29, 0.717) is 0 Å². The van der Waals surface area contributed by atoms with Gasteiger partial charge in [-0.2, -0.15) is 5.09 Å². The Balaban J connectivity index is 1.91. The molecule has 0 aliphatic heterocycles. The lowest BCUT2D eigenvalue weighted by Gasteiger charge is -2.31. The number of Topliss-reactive ketones (excluding diaryl/α,β-unsaturated/α-hetero) is 1. The van der Waals surface area contributed by atoms with Crippen LogP contribution in [0.15, 0.2) is 60.7 Å². The molecule has 11 heteroatoms. The molecule has 0 aromatic heterocycles. The number of carbonyl (C=O) groups is 3. The molecule has 3 atom stereocenters. The van der Waals surface area contributed by atoms with Crippen molar-refractivity contribution in [1.29, 1.82) is 0 Å². The molecule has 0 saturated carbocycles. The summed E-state index contributed by atoms with van der Waals surface area (Å²) in [6, 6.07) is 16.4. The van der Waals surface area contributed by atoms with Gasteiger partial charge in [-0.15, -0.1) is 0 Å². The quantitative estimate of drug-likeness (QED) is 0.231. The summed E-state index contributed by atoms with van der Waals surface area (Å²) < 4.78 is 34.5. The topological polar surface area (TPSA) is 137 Å². The molecule has 0 saturated heterocycles. The summed E-state index contributed by atoms with van der Waals surface area (Å²) in [5.74, 6) is -1.39. The molecule has 0 heterocycles. The molecule has 2 N–H and O–H groups in total. The number of nitrogens with one attached hydrogen (secondary N) is 1. The molecule has 0 amide bonds. The van der Waals surface area contributed by atoms with Crippen LogP contribution in [-0.4, -0.2) is 48.7 Å². The highest BCUT2D eigenvalue weighted by atomic mass is 31.2. The minimum absolute atomic E-state index is 0.0255. The fourth-order valence-electron chi connectivity index (χ4n) is 3.30. The van der Waals surface area contributed by atoms with Crippen LogP contribution in [0, 0.1) is 5.41 Å². The highest BCUT2D eigenvalue weighted by Crippen LogP contribution is 2.46. The lowest BCUT2D eigenvalue weighted by molar-refractivity contribution is -0.145. The highest BCUT2D eigenvalue weighted by Gasteiger charge is 2.39. The Hall–Kier alpha value is -3.04. The number of hydrogen-bond acceptors (Lipinski definition) is 9. The van der Waals surface area contributed by atoms with Crippen LogP contribution < -0.4 is 9.61 Å². The molecule has 2 aromatic rings. The van der Waals surface area contributed by atoms with E-state index in [9.17, 15) is 24.1 Å². The van der Waals surface area contributed by atoms with Crippen molar-refractivity contribution in [1.82, 2.24) is 5.09 Å². The first-order valence-corrected chi connectivity index (χ1v) is 13.8. The molecule has 1 unspecified atom stereocenters. The summed E-state index contributed by atoms with van der Waals surface area (Å²) in [6.45, 7) is 4.38. The third kappa shape index (κ3) is 10.4. The lowest BCUT2D eigenvalue weighted by atomic mass is 9.84. The maximum atomic E-state index is 13.5. The van der Waals surface area contributed by atoms with E-state index in [4.69, 9.17) is 13.8 Å². The molecule has 0 aliphatic carbocycles. The van der Waals surface area contributed by atoms with Crippen molar-refractivity contribution in [2.45, 2.75) is 58.8 Å². The number of benzene rings is 2. The maximum absolute atomic E-state index is 13.5. The van der Waals surface area contributed by atoms with Gasteiger partial charge >= 0.3 is 19.7 Å². The van der Waals surface area contributed by atoms with E-state index >= 15 is 0 Å². The number of hydrogen-bond donors (Lipinski definition) is 2. The van der Waals surface area contributed by atoms with Crippen LogP contribution in [0.4, 0.5) is 0 Å².